The Morgan fingerprint density at radius 2 is 1.96 bits per heavy atom. The topological polar surface area (TPSA) is 79.8 Å². The van der Waals surface area contributed by atoms with E-state index in [-0.39, 0.29) is 12.0 Å². The molecule has 1 aromatic rings. The van der Waals surface area contributed by atoms with Gasteiger partial charge in [-0.05, 0) is 26.3 Å². The first-order valence-electron chi connectivity index (χ1n) is 7.65. The summed E-state index contributed by atoms with van der Waals surface area (Å²) in [5.74, 6) is 0.216. The van der Waals surface area contributed by atoms with E-state index in [0.717, 1.165) is 0 Å². The Bertz CT molecular complexity index is 660. The van der Waals surface area contributed by atoms with Gasteiger partial charge in [-0.25, -0.2) is 17.7 Å². The van der Waals surface area contributed by atoms with Crippen LogP contribution in [-0.2, 0) is 10.0 Å². The summed E-state index contributed by atoms with van der Waals surface area (Å²) in [6.45, 7) is 5.42. The molecule has 0 radical (unpaired) electrons. The summed E-state index contributed by atoms with van der Waals surface area (Å²) in [5, 5.41) is 0. The lowest BCUT2D eigenvalue weighted by atomic mass is 10.3. The highest BCUT2D eigenvalue weighted by atomic mass is 32.2. The number of carbonyl (C=O) groups excluding carboxylic acids is 1. The van der Waals surface area contributed by atoms with E-state index in [0.29, 0.717) is 44.2 Å². The Balaban J connectivity index is 2.08. The van der Waals surface area contributed by atoms with Crippen LogP contribution in [0.5, 0.6) is 5.88 Å². The third-order valence-electron chi connectivity index (χ3n) is 3.51. The van der Waals surface area contributed by atoms with Gasteiger partial charge in [-0.2, -0.15) is 0 Å². The van der Waals surface area contributed by atoms with E-state index in [4.69, 9.17) is 4.74 Å². The molecule has 0 atom stereocenters. The summed E-state index contributed by atoms with van der Waals surface area (Å²) >= 11 is 0. The van der Waals surface area contributed by atoms with Gasteiger partial charge in [-0.15, -0.1) is 0 Å². The standard InChI is InChI=1S/C15H23N3O4S/c1-12(2)22-14-7-4-6-13(16-14)15(19)17-8-5-9-18(11-10-17)23(3,20)21/h4,6-7,12H,5,8-11H2,1-3H3. The lowest BCUT2D eigenvalue weighted by Gasteiger charge is -2.21. The van der Waals surface area contributed by atoms with Crippen molar-refractivity contribution in [3.63, 3.8) is 0 Å². The summed E-state index contributed by atoms with van der Waals surface area (Å²) in [7, 11) is -3.22. The third kappa shape index (κ3) is 4.90. The normalized spacial score (nSPS) is 17.1. The molecule has 1 saturated heterocycles. The number of carbonyl (C=O) groups is 1. The second-order valence-electron chi connectivity index (χ2n) is 5.84. The smallest absolute Gasteiger partial charge is 0.272 e. The molecule has 1 aromatic heterocycles. The van der Waals surface area contributed by atoms with Crippen molar-refractivity contribution >= 4 is 15.9 Å². The maximum Gasteiger partial charge on any atom is 0.272 e. The van der Waals surface area contributed by atoms with Crippen LogP contribution in [0.4, 0.5) is 0 Å². The lowest BCUT2D eigenvalue weighted by molar-refractivity contribution is 0.0756. The Morgan fingerprint density at radius 1 is 1.22 bits per heavy atom. The van der Waals surface area contributed by atoms with Crippen molar-refractivity contribution in [3.05, 3.63) is 23.9 Å². The highest BCUT2D eigenvalue weighted by Gasteiger charge is 2.25. The highest BCUT2D eigenvalue weighted by molar-refractivity contribution is 7.88. The first kappa shape index (κ1) is 17.7. The monoisotopic (exact) mass is 341 g/mol. The number of nitrogens with zero attached hydrogens (tertiary/aromatic N) is 3. The molecule has 128 valence electrons. The zero-order valence-corrected chi connectivity index (χ0v) is 14.5. The maximum atomic E-state index is 12.6. The van der Waals surface area contributed by atoms with Crippen molar-refractivity contribution in [3.8, 4) is 5.88 Å². The van der Waals surface area contributed by atoms with Gasteiger partial charge in [0.25, 0.3) is 5.91 Å². The number of pyridine rings is 1. The van der Waals surface area contributed by atoms with Gasteiger partial charge in [-0.3, -0.25) is 4.79 Å². The molecule has 8 heteroatoms. The molecule has 0 saturated carbocycles. The summed E-state index contributed by atoms with van der Waals surface area (Å²) < 4.78 is 30.2. The minimum Gasteiger partial charge on any atom is -0.475 e. The zero-order chi connectivity index (χ0) is 17.0. The predicted octanol–water partition coefficient (Wildman–Crippen LogP) is 0.976. The molecule has 1 fully saturated rings. The van der Waals surface area contributed by atoms with Crippen LogP contribution in [0.1, 0.15) is 30.8 Å². The second-order valence-corrected chi connectivity index (χ2v) is 7.82. The Hall–Kier alpha value is -1.67. The first-order valence-corrected chi connectivity index (χ1v) is 9.50. The van der Waals surface area contributed by atoms with E-state index >= 15 is 0 Å². The molecule has 0 N–H and O–H groups in total. The number of ether oxygens (including phenoxy) is 1. The van der Waals surface area contributed by atoms with Gasteiger partial charge in [-0.1, -0.05) is 6.07 Å². The maximum absolute atomic E-state index is 12.6. The lowest BCUT2D eigenvalue weighted by Crippen LogP contribution is -2.37. The van der Waals surface area contributed by atoms with Gasteiger partial charge in [0.1, 0.15) is 5.69 Å². The molecule has 0 bridgehead atoms. The third-order valence-corrected chi connectivity index (χ3v) is 4.81. The molecule has 1 amide bonds. The molecule has 1 aliphatic heterocycles. The van der Waals surface area contributed by atoms with Gasteiger partial charge in [0.05, 0.1) is 12.4 Å². The molecular formula is C15H23N3O4S. The van der Waals surface area contributed by atoms with Crippen LogP contribution in [0.2, 0.25) is 0 Å². The summed E-state index contributed by atoms with van der Waals surface area (Å²) in [6, 6.07) is 5.10. The summed E-state index contributed by atoms with van der Waals surface area (Å²) in [4.78, 5) is 18.5. The van der Waals surface area contributed by atoms with Crippen LogP contribution in [0.3, 0.4) is 0 Å². The van der Waals surface area contributed by atoms with Gasteiger partial charge in [0.15, 0.2) is 0 Å². The van der Waals surface area contributed by atoms with Gasteiger partial charge in [0.2, 0.25) is 15.9 Å². The van der Waals surface area contributed by atoms with Gasteiger partial charge in [0, 0.05) is 32.2 Å². The van der Waals surface area contributed by atoms with Crippen LogP contribution in [0.15, 0.2) is 18.2 Å². The fourth-order valence-electron chi connectivity index (χ4n) is 2.43. The Morgan fingerprint density at radius 3 is 2.61 bits per heavy atom. The predicted molar refractivity (Wildman–Crippen MR) is 86.9 cm³/mol. The fraction of sp³-hybridized carbons (Fsp3) is 0.600. The van der Waals surface area contributed by atoms with Gasteiger partial charge >= 0.3 is 0 Å². The number of hydrogen-bond acceptors (Lipinski definition) is 5. The minimum atomic E-state index is -3.22. The summed E-state index contributed by atoms with van der Waals surface area (Å²) in [6.07, 6.45) is 1.79. The molecule has 0 unspecified atom stereocenters. The minimum absolute atomic E-state index is 0.0191. The van der Waals surface area contributed by atoms with Crippen LogP contribution >= 0.6 is 0 Å². The van der Waals surface area contributed by atoms with E-state index in [2.05, 4.69) is 4.98 Å². The van der Waals surface area contributed by atoms with E-state index in [1.807, 2.05) is 13.8 Å². The molecule has 2 heterocycles. The van der Waals surface area contributed by atoms with E-state index in [1.165, 1.54) is 10.6 Å². The quantitative estimate of drug-likeness (QED) is 0.815. The molecule has 0 aliphatic carbocycles. The number of rotatable bonds is 4. The van der Waals surface area contributed by atoms with Crippen molar-refractivity contribution in [2.45, 2.75) is 26.4 Å². The van der Waals surface area contributed by atoms with Crippen molar-refractivity contribution in [2.24, 2.45) is 0 Å². The molecular weight excluding hydrogens is 318 g/mol. The van der Waals surface area contributed by atoms with Crippen LogP contribution < -0.4 is 4.74 Å². The zero-order valence-electron chi connectivity index (χ0n) is 13.7. The molecule has 23 heavy (non-hydrogen) atoms. The fourth-order valence-corrected chi connectivity index (χ4v) is 3.31. The van der Waals surface area contributed by atoms with Crippen LogP contribution in [-0.4, -0.2) is 67.1 Å². The van der Waals surface area contributed by atoms with Crippen LogP contribution in [0, 0.1) is 0 Å². The molecule has 7 nitrogen and oxygen atoms in total. The summed E-state index contributed by atoms with van der Waals surface area (Å²) in [5.41, 5.74) is 0.316. The van der Waals surface area contributed by atoms with E-state index < -0.39 is 10.0 Å². The molecule has 2 rings (SSSR count). The number of hydrogen-bond donors (Lipinski definition) is 0. The van der Waals surface area contributed by atoms with E-state index in [9.17, 15) is 13.2 Å². The van der Waals surface area contributed by atoms with Crippen molar-refractivity contribution in [1.29, 1.82) is 0 Å². The Labute approximate surface area is 137 Å². The Kier molecular flexibility index (Phi) is 5.59. The molecule has 0 spiro atoms. The van der Waals surface area contributed by atoms with Crippen molar-refractivity contribution in [1.82, 2.24) is 14.2 Å². The van der Waals surface area contributed by atoms with Crippen LogP contribution in [0.25, 0.3) is 0 Å². The highest BCUT2D eigenvalue weighted by Crippen LogP contribution is 2.14. The molecule has 0 aromatic carbocycles. The largest absolute Gasteiger partial charge is 0.475 e. The van der Waals surface area contributed by atoms with Gasteiger partial charge < -0.3 is 9.64 Å². The van der Waals surface area contributed by atoms with E-state index in [1.54, 1.807) is 23.1 Å². The average Bonchev–Trinajstić information content (AvgIpc) is 2.71. The molecule has 1 aliphatic rings. The second kappa shape index (κ2) is 7.27. The average molecular weight is 341 g/mol. The van der Waals surface area contributed by atoms with Crippen molar-refractivity contribution in [2.75, 3.05) is 32.4 Å². The van der Waals surface area contributed by atoms with Crippen molar-refractivity contribution < 1.29 is 17.9 Å². The first-order chi connectivity index (χ1) is 10.8. The number of sulfonamides is 1. The SMILES string of the molecule is CC(C)Oc1cccc(C(=O)N2CCCN(S(C)(=O)=O)CC2)n1. The number of amides is 1. The number of aromatic nitrogens is 1.